The largest absolute Gasteiger partial charge is 0.281 e. The fourth-order valence-corrected chi connectivity index (χ4v) is 2.50. The molecule has 0 aromatic heterocycles. The van der Waals surface area contributed by atoms with E-state index in [0.29, 0.717) is 6.42 Å². The second-order valence-electron chi connectivity index (χ2n) is 4.13. The van der Waals surface area contributed by atoms with Gasteiger partial charge in [0.25, 0.3) is 0 Å². The second kappa shape index (κ2) is 13.4. The Labute approximate surface area is 110 Å². The Morgan fingerprint density at radius 2 is 1.44 bits per heavy atom. The maximum Gasteiger partial charge on any atom is 0.221 e. The number of unbranched alkanes of at least 4 members (excludes halogenated alkanes) is 7. The number of carbonyl (C=O) groups excluding carboxylic acids is 1. The highest BCUT2D eigenvalue weighted by atomic mass is 35.5. The zero-order valence-corrected chi connectivity index (χ0v) is 12.0. The zero-order valence-electron chi connectivity index (χ0n) is 10.5. The van der Waals surface area contributed by atoms with E-state index in [1.54, 1.807) is 0 Å². The molecule has 0 aliphatic rings. The Balaban J connectivity index is 2.90. The minimum atomic E-state index is -0.187. The van der Waals surface area contributed by atoms with Crippen LogP contribution < -0.4 is 0 Å². The average Bonchev–Trinajstić information content (AvgIpc) is 2.25. The summed E-state index contributed by atoms with van der Waals surface area (Å²) in [6.45, 7) is 2.22. The van der Waals surface area contributed by atoms with Crippen LogP contribution in [0.25, 0.3) is 0 Å². The lowest BCUT2D eigenvalue weighted by Crippen LogP contribution is -1.87. The van der Waals surface area contributed by atoms with E-state index in [1.165, 1.54) is 50.0 Å². The fraction of sp³-hybridized carbons (Fsp3) is 0.923. The molecular weight excluding hydrogens is 240 g/mol. The molecule has 0 aliphatic carbocycles. The van der Waals surface area contributed by atoms with Crippen molar-refractivity contribution in [3.05, 3.63) is 0 Å². The molecule has 0 fully saturated rings. The van der Waals surface area contributed by atoms with Crippen molar-refractivity contribution in [3.63, 3.8) is 0 Å². The van der Waals surface area contributed by atoms with Gasteiger partial charge in [-0.05, 0) is 35.9 Å². The molecule has 0 aromatic rings. The van der Waals surface area contributed by atoms with E-state index in [-0.39, 0.29) is 5.24 Å². The number of hydrogen-bond acceptors (Lipinski definition) is 2. The third kappa shape index (κ3) is 14.3. The highest BCUT2D eigenvalue weighted by Gasteiger charge is 1.96. The summed E-state index contributed by atoms with van der Waals surface area (Å²) in [5.74, 6) is 2.58. The Morgan fingerprint density at radius 1 is 0.938 bits per heavy atom. The van der Waals surface area contributed by atoms with Crippen LogP contribution in [0.2, 0.25) is 0 Å². The normalized spacial score (nSPS) is 10.6. The Kier molecular flexibility index (Phi) is 13.6. The van der Waals surface area contributed by atoms with Gasteiger partial charge in [-0.25, -0.2) is 0 Å². The van der Waals surface area contributed by atoms with Crippen molar-refractivity contribution in [3.8, 4) is 0 Å². The van der Waals surface area contributed by atoms with Gasteiger partial charge in [-0.1, -0.05) is 45.4 Å². The Morgan fingerprint density at radius 3 is 1.94 bits per heavy atom. The molecule has 0 heterocycles. The highest BCUT2D eigenvalue weighted by Crippen LogP contribution is 2.11. The lowest BCUT2D eigenvalue weighted by Gasteiger charge is -2.01. The zero-order chi connectivity index (χ0) is 12.1. The van der Waals surface area contributed by atoms with E-state index in [4.69, 9.17) is 11.6 Å². The first-order chi connectivity index (χ1) is 7.77. The summed E-state index contributed by atoms with van der Waals surface area (Å²) in [5, 5.41) is -0.187. The monoisotopic (exact) mass is 264 g/mol. The van der Waals surface area contributed by atoms with Gasteiger partial charge in [0.05, 0.1) is 0 Å². The molecule has 0 aromatic carbocycles. The molecule has 0 amide bonds. The van der Waals surface area contributed by atoms with Crippen LogP contribution in [-0.2, 0) is 4.79 Å². The molecule has 0 spiro atoms. The summed E-state index contributed by atoms with van der Waals surface area (Å²) in [4.78, 5) is 10.5. The molecule has 16 heavy (non-hydrogen) atoms. The minimum Gasteiger partial charge on any atom is -0.281 e. The van der Waals surface area contributed by atoms with E-state index >= 15 is 0 Å². The summed E-state index contributed by atoms with van der Waals surface area (Å²) < 4.78 is 0. The molecule has 1 nitrogen and oxygen atoms in total. The van der Waals surface area contributed by atoms with Gasteiger partial charge >= 0.3 is 0 Å². The average molecular weight is 265 g/mol. The quantitative estimate of drug-likeness (QED) is 0.364. The van der Waals surface area contributed by atoms with Gasteiger partial charge in [0, 0.05) is 6.42 Å². The minimum absolute atomic E-state index is 0.187. The molecule has 0 unspecified atom stereocenters. The van der Waals surface area contributed by atoms with Crippen LogP contribution in [0.4, 0.5) is 0 Å². The molecule has 0 N–H and O–H groups in total. The summed E-state index contributed by atoms with van der Waals surface area (Å²) in [6.07, 6.45) is 10.7. The summed E-state index contributed by atoms with van der Waals surface area (Å²) in [5.41, 5.74) is 0. The van der Waals surface area contributed by atoms with Crippen LogP contribution >= 0.6 is 23.4 Å². The standard InChI is InChI=1S/C13H25ClOS/c1-2-16-12-10-8-6-4-3-5-7-9-11-13(14)15/h2-12H2,1H3. The number of carbonyl (C=O) groups is 1. The van der Waals surface area contributed by atoms with Crippen molar-refractivity contribution < 1.29 is 4.79 Å². The first kappa shape index (κ1) is 16.3. The molecular formula is C13H25ClOS. The lowest BCUT2D eigenvalue weighted by molar-refractivity contribution is -0.111. The van der Waals surface area contributed by atoms with E-state index in [1.807, 2.05) is 11.8 Å². The molecule has 0 saturated carbocycles. The Hall–Kier alpha value is 0.310. The van der Waals surface area contributed by atoms with Gasteiger partial charge in [-0.2, -0.15) is 11.8 Å². The molecule has 0 rings (SSSR count). The first-order valence-electron chi connectivity index (χ1n) is 6.53. The summed E-state index contributed by atoms with van der Waals surface area (Å²) >= 11 is 7.30. The molecule has 96 valence electrons. The third-order valence-electron chi connectivity index (χ3n) is 2.62. The maximum atomic E-state index is 10.5. The molecule has 0 aliphatic heterocycles. The smallest absolute Gasteiger partial charge is 0.221 e. The van der Waals surface area contributed by atoms with Gasteiger partial charge in [-0.3, -0.25) is 4.79 Å². The van der Waals surface area contributed by atoms with Crippen molar-refractivity contribution in [2.45, 2.75) is 64.7 Å². The van der Waals surface area contributed by atoms with E-state index in [0.717, 1.165) is 12.8 Å². The highest BCUT2D eigenvalue weighted by molar-refractivity contribution is 7.99. The summed E-state index contributed by atoms with van der Waals surface area (Å²) in [6, 6.07) is 0. The topological polar surface area (TPSA) is 17.1 Å². The van der Waals surface area contributed by atoms with Gasteiger partial charge in [0.2, 0.25) is 5.24 Å². The van der Waals surface area contributed by atoms with Crippen LogP contribution in [0.15, 0.2) is 0 Å². The van der Waals surface area contributed by atoms with Crippen molar-refractivity contribution in [2.24, 2.45) is 0 Å². The first-order valence-corrected chi connectivity index (χ1v) is 8.06. The van der Waals surface area contributed by atoms with Gasteiger partial charge in [0.1, 0.15) is 0 Å². The predicted molar refractivity (Wildman–Crippen MR) is 75.4 cm³/mol. The van der Waals surface area contributed by atoms with Crippen LogP contribution in [0.5, 0.6) is 0 Å². The second-order valence-corrected chi connectivity index (χ2v) is 5.95. The van der Waals surface area contributed by atoms with Crippen LogP contribution in [0, 0.1) is 0 Å². The number of hydrogen-bond donors (Lipinski definition) is 0. The van der Waals surface area contributed by atoms with Crippen molar-refractivity contribution in [1.29, 1.82) is 0 Å². The van der Waals surface area contributed by atoms with Crippen molar-refractivity contribution in [2.75, 3.05) is 11.5 Å². The van der Waals surface area contributed by atoms with Crippen LogP contribution in [-0.4, -0.2) is 16.7 Å². The molecule has 0 bridgehead atoms. The van der Waals surface area contributed by atoms with Gasteiger partial charge in [-0.15, -0.1) is 0 Å². The third-order valence-corrected chi connectivity index (χ3v) is 3.79. The predicted octanol–water partition coefficient (Wildman–Crippen LogP) is 5.02. The molecule has 3 heteroatoms. The van der Waals surface area contributed by atoms with Crippen LogP contribution in [0.1, 0.15) is 64.7 Å². The SMILES string of the molecule is CCSCCCCCCCCCCC(=O)Cl. The van der Waals surface area contributed by atoms with Crippen molar-refractivity contribution >= 4 is 28.6 Å². The Bertz CT molecular complexity index is 162. The van der Waals surface area contributed by atoms with E-state index < -0.39 is 0 Å². The fourth-order valence-electron chi connectivity index (χ4n) is 1.67. The number of halogens is 1. The molecule has 0 radical (unpaired) electrons. The molecule has 0 saturated heterocycles. The summed E-state index contributed by atoms with van der Waals surface area (Å²) in [7, 11) is 0. The van der Waals surface area contributed by atoms with Crippen LogP contribution in [0.3, 0.4) is 0 Å². The van der Waals surface area contributed by atoms with Crippen molar-refractivity contribution in [1.82, 2.24) is 0 Å². The molecule has 0 atom stereocenters. The lowest BCUT2D eigenvalue weighted by atomic mass is 10.1. The number of rotatable bonds is 12. The van der Waals surface area contributed by atoms with E-state index in [9.17, 15) is 4.79 Å². The van der Waals surface area contributed by atoms with Gasteiger partial charge in [0.15, 0.2) is 0 Å². The van der Waals surface area contributed by atoms with Gasteiger partial charge < -0.3 is 0 Å². The maximum absolute atomic E-state index is 10.5. The van der Waals surface area contributed by atoms with E-state index in [2.05, 4.69) is 6.92 Å². The number of thioether (sulfide) groups is 1.